The molecule has 0 N–H and O–H groups in total. The Bertz CT molecular complexity index is 2700. The average molecular weight is 715 g/mol. The second-order valence-electron chi connectivity index (χ2n) is 13.4. The molecule has 240 valence electrons. The summed E-state index contributed by atoms with van der Waals surface area (Å²) in [5, 5.41) is 2.51. The molecular formula is C49H32BrN. The molecule has 0 fully saturated rings. The summed E-state index contributed by atoms with van der Waals surface area (Å²) in [5.41, 5.74) is 15.7. The molecule has 1 aromatic heterocycles. The van der Waals surface area contributed by atoms with Crippen LogP contribution < -0.4 is 0 Å². The van der Waals surface area contributed by atoms with Crippen molar-refractivity contribution in [1.29, 1.82) is 0 Å². The number of benzene rings is 8. The molecule has 1 aliphatic rings. The lowest BCUT2D eigenvalue weighted by molar-refractivity contribution is 0.767. The number of fused-ring (bicyclic) bond motifs is 6. The summed E-state index contributed by atoms with van der Waals surface area (Å²) in [6, 6.07) is 71.3. The van der Waals surface area contributed by atoms with Crippen molar-refractivity contribution in [2.24, 2.45) is 0 Å². The van der Waals surface area contributed by atoms with Gasteiger partial charge in [-0.25, -0.2) is 0 Å². The smallest absolute Gasteiger partial charge is 0.0714 e. The average Bonchev–Trinajstić information content (AvgIpc) is 3.69. The summed E-state index contributed by atoms with van der Waals surface area (Å²) < 4.78 is 3.55. The Morgan fingerprint density at radius 1 is 0.373 bits per heavy atom. The predicted molar refractivity (Wildman–Crippen MR) is 217 cm³/mol. The number of halogens is 1. The van der Waals surface area contributed by atoms with Crippen molar-refractivity contribution >= 4 is 37.7 Å². The van der Waals surface area contributed by atoms with Crippen LogP contribution in [0.5, 0.6) is 0 Å². The monoisotopic (exact) mass is 713 g/mol. The van der Waals surface area contributed by atoms with Crippen LogP contribution in [-0.4, -0.2) is 4.57 Å². The molecule has 0 bridgehead atoms. The van der Waals surface area contributed by atoms with Gasteiger partial charge in [-0.3, -0.25) is 0 Å². The third-order valence-corrected chi connectivity index (χ3v) is 11.2. The third kappa shape index (κ3) is 4.60. The van der Waals surface area contributed by atoms with Crippen molar-refractivity contribution in [3.8, 4) is 39.1 Å². The molecule has 1 heterocycles. The molecule has 0 atom stereocenters. The lowest BCUT2D eigenvalue weighted by Gasteiger charge is -2.34. The van der Waals surface area contributed by atoms with Crippen LogP contribution in [0.15, 0.2) is 199 Å². The van der Waals surface area contributed by atoms with Gasteiger partial charge in [-0.2, -0.15) is 0 Å². The van der Waals surface area contributed by atoms with Gasteiger partial charge in [0.25, 0.3) is 0 Å². The van der Waals surface area contributed by atoms with Gasteiger partial charge in [-0.05, 0) is 92.0 Å². The molecule has 51 heavy (non-hydrogen) atoms. The Hall–Kier alpha value is -5.96. The molecule has 0 radical (unpaired) electrons. The number of hydrogen-bond donors (Lipinski definition) is 0. The molecule has 0 saturated heterocycles. The van der Waals surface area contributed by atoms with E-state index < -0.39 is 5.41 Å². The maximum atomic E-state index is 3.63. The summed E-state index contributed by atoms with van der Waals surface area (Å²) in [6.45, 7) is 0. The lowest BCUT2D eigenvalue weighted by atomic mass is 9.67. The van der Waals surface area contributed by atoms with Crippen LogP contribution in [0.2, 0.25) is 0 Å². The topological polar surface area (TPSA) is 4.93 Å². The zero-order chi connectivity index (χ0) is 33.9. The van der Waals surface area contributed by atoms with Crippen molar-refractivity contribution in [2.75, 3.05) is 0 Å². The minimum atomic E-state index is -0.454. The summed E-state index contributed by atoms with van der Waals surface area (Å²) in [5.74, 6) is 0. The van der Waals surface area contributed by atoms with Crippen LogP contribution in [0, 0.1) is 0 Å². The van der Waals surface area contributed by atoms with Crippen LogP contribution in [0.3, 0.4) is 0 Å². The van der Waals surface area contributed by atoms with Crippen molar-refractivity contribution in [3.05, 3.63) is 221 Å². The van der Waals surface area contributed by atoms with E-state index in [0.29, 0.717) is 0 Å². The number of hydrogen-bond acceptors (Lipinski definition) is 0. The maximum absolute atomic E-state index is 3.63. The normalized spacial score (nSPS) is 13.0. The zero-order valence-corrected chi connectivity index (χ0v) is 29.4. The SMILES string of the molecule is Brc1cccc(-c2ccc(-c3ccc4c5ccccc5n(-c5ccc6c(c5)C(c5ccccc5)(c5ccccc5)c5ccccc5-6)c4c3)cc2)c1. The number of para-hydroxylation sites is 1. The van der Waals surface area contributed by atoms with E-state index in [1.54, 1.807) is 0 Å². The standard InChI is InChI=1S/C49H32BrN/c50-39-17-11-12-35(30-39)33-22-24-34(25-23-33)36-26-28-44-43-19-8-10-21-47(43)51(48(44)31-36)40-27-29-42-41-18-7-9-20-45(41)49(46(42)32-40,37-13-3-1-4-14-37)38-15-5-2-6-16-38/h1-32H. The molecular weight excluding hydrogens is 682 g/mol. The van der Waals surface area contributed by atoms with E-state index in [1.165, 1.54) is 77.4 Å². The first kappa shape index (κ1) is 29.9. The highest BCUT2D eigenvalue weighted by Gasteiger charge is 2.46. The van der Waals surface area contributed by atoms with Gasteiger partial charge < -0.3 is 4.57 Å². The lowest BCUT2D eigenvalue weighted by Crippen LogP contribution is -2.28. The second-order valence-corrected chi connectivity index (χ2v) is 14.3. The van der Waals surface area contributed by atoms with Gasteiger partial charge in [-0.15, -0.1) is 0 Å². The molecule has 8 aromatic carbocycles. The molecule has 10 rings (SSSR count). The first-order valence-electron chi connectivity index (χ1n) is 17.5. The van der Waals surface area contributed by atoms with Gasteiger partial charge in [0.2, 0.25) is 0 Å². The van der Waals surface area contributed by atoms with Gasteiger partial charge in [0, 0.05) is 20.9 Å². The fourth-order valence-corrected chi connectivity index (χ4v) is 8.92. The Kier molecular flexibility index (Phi) is 6.94. The minimum absolute atomic E-state index is 0.454. The van der Waals surface area contributed by atoms with Gasteiger partial charge in [0.15, 0.2) is 0 Å². The summed E-state index contributed by atoms with van der Waals surface area (Å²) in [4.78, 5) is 0. The van der Waals surface area contributed by atoms with Gasteiger partial charge in [0.05, 0.1) is 16.4 Å². The van der Waals surface area contributed by atoms with E-state index in [2.05, 4.69) is 215 Å². The highest BCUT2D eigenvalue weighted by atomic mass is 79.9. The molecule has 1 aliphatic carbocycles. The number of rotatable bonds is 5. The highest BCUT2D eigenvalue weighted by molar-refractivity contribution is 9.10. The molecule has 0 amide bonds. The summed E-state index contributed by atoms with van der Waals surface area (Å²) in [7, 11) is 0. The van der Waals surface area contributed by atoms with Crippen molar-refractivity contribution in [3.63, 3.8) is 0 Å². The summed E-state index contributed by atoms with van der Waals surface area (Å²) >= 11 is 3.63. The molecule has 0 saturated carbocycles. The first-order chi connectivity index (χ1) is 25.2. The number of nitrogens with zero attached hydrogens (tertiary/aromatic N) is 1. The van der Waals surface area contributed by atoms with E-state index in [4.69, 9.17) is 0 Å². The Morgan fingerprint density at radius 2 is 0.961 bits per heavy atom. The van der Waals surface area contributed by atoms with E-state index in [1.807, 2.05) is 0 Å². The molecule has 0 spiro atoms. The van der Waals surface area contributed by atoms with Gasteiger partial charge >= 0.3 is 0 Å². The highest BCUT2D eigenvalue weighted by Crippen LogP contribution is 2.56. The summed E-state index contributed by atoms with van der Waals surface area (Å²) in [6.07, 6.45) is 0. The molecule has 2 heteroatoms. The van der Waals surface area contributed by atoms with Crippen molar-refractivity contribution < 1.29 is 0 Å². The van der Waals surface area contributed by atoms with E-state index >= 15 is 0 Å². The Morgan fingerprint density at radius 3 is 1.69 bits per heavy atom. The fraction of sp³-hybridized carbons (Fsp3) is 0.0204. The Labute approximate surface area is 306 Å². The molecule has 0 aliphatic heterocycles. The zero-order valence-electron chi connectivity index (χ0n) is 27.8. The van der Waals surface area contributed by atoms with Crippen LogP contribution in [0.4, 0.5) is 0 Å². The van der Waals surface area contributed by atoms with E-state index in [0.717, 1.165) is 10.2 Å². The fourth-order valence-electron chi connectivity index (χ4n) is 8.52. The third-order valence-electron chi connectivity index (χ3n) is 10.8. The van der Waals surface area contributed by atoms with Crippen molar-refractivity contribution in [2.45, 2.75) is 5.41 Å². The molecule has 0 unspecified atom stereocenters. The van der Waals surface area contributed by atoms with E-state index in [9.17, 15) is 0 Å². The van der Waals surface area contributed by atoms with Crippen LogP contribution in [-0.2, 0) is 5.41 Å². The first-order valence-corrected chi connectivity index (χ1v) is 18.2. The van der Waals surface area contributed by atoms with Crippen LogP contribution >= 0.6 is 15.9 Å². The van der Waals surface area contributed by atoms with Crippen LogP contribution in [0.25, 0.3) is 60.9 Å². The van der Waals surface area contributed by atoms with E-state index in [-0.39, 0.29) is 0 Å². The molecule has 1 nitrogen and oxygen atoms in total. The van der Waals surface area contributed by atoms with Crippen LogP contribution in [0.1, 0.15) is 22.3 Å². The Balaban J connectivity index is 1.20. The quantitative estimate of drug-likeness (QED) is 0.167. The van der Waals surface area contributed by atoms with Crippen molar-refractivity contribution in [1.82, 2.24) is 4.57 Å². The maximum Gasteiger partial charge on any atom is 0.0714 e. The predicted octanol–water partition coefficient (Wildman–Crippen LogP) is 13.2. The number of aromatic nitrogens is 1. The van der Waals surface area contributed by atoms with Gasteiger partial charge in [0.1, 0.15) is 0 Å². The van der Waals surface area contributed by atoms with Gasteiger partial charge in [-0.1, -0.05) is 174 Å². The second kappa shape index (κ2) is 11.8. The minimum Gasteiger partial charge on any atom is -0.309 e. The largest absolute Gasteiger partial charge is 0.309 e. The molecule has 9 aromatic rings.